The quantitative estimate of drug-likeness (QED) is 0.755. The average Bonchev–Trinajstić information content (AvgIpc) is 2.98. The van der Waals surface area contributed by atoms with Gasteiger partial charge in [0.05, 0.1) is 11.4 Å². The van der Waals surface area contributed by atoms with E-state index in [1.165, 1.54) is 11.0 Å². The van der Waals surface area contributed by atoms with Crippen molar-refractivity contribution in [2.45, 2.75) is 18.4 Å². The van der Waals surface area contributed by atoms with E-state index in [0.29, 0.717) is 12.6 Å². The molecule has 0 unspecified atom stereocenters. The first kappa shape index (κ1) is 17.0. The van der Waals surface area contributed by atoms with Gasteiger partial charge in [-0.1, -0.05) is 29.8 Å². The zero-order chi connectivity index (χ0) is 18.0. The Morgan fingerprint density at radius 1 is 1.08 bits per heavy atom. The molecule has 1 heterocycles. The van der Waals surface area contributed by atoms with Gasteiger partial charge in [-0.25, -0.2) is 26.6 Å². The lowest BCUT2D eigenvalue weighted by atomic mass is 10.1. The lowest BCUT2D eigenvalue weighted by molar-refractivity contribution is 0.504. The van der Waals surface area contributed by atoms with Gasteiger partial charge in [0.25, 0.3) is 16.0 Å². The monoisotopic (exact) mass is 364 g/mol. The Hall–Kier alpha value is -2.81. The van der Waals surface area contributed by atoms with E-state index in [4.69, 9.17) is 0 Å². The number of anilines is 1. The number of sulfonamides is 1. The van der Waals surface area contributed by atoms with Crippen LogP contribution in [-0.2, 0) is 16.6 Å². The summed E-state index contributed by atoms with van der Waals surface area (Å²) in [5.41, 5.74) is 2.10. The summed E-state index contributed by atoms with van der Waals surface area (Å²) >= 11 is 0. The molecule has 0 aliphatic carbocycles. The first-order valence-electron chi connectivity index (χ1n) is 7.26. The van der Waals surface area contributed by atoms with E-state index in [1.54, 1.807) is 0 Å². The maximum atomic E-state index is 13.2. The summed E-state index contributed by atoms with van der Waals surface area (Å²) < 4.78 is 54.1. The van der Waals surface area contributed by atoms with E-state index in [2.05, 4.69) is 14.8 Å². The van der Waals surface area contributed by atoms with Crippen molar-refractivity contribution in [3.63, 3.8) is 0 Å². The van der Waals surface area contributed by atoms with Crippen molar-refractivity contribution in [3.05, 3.63) is 71.6 Å². The minimum atomic E-state index is -4.11. The van der Waals surface area contributed by atoms with Gasteiger partial charge in [-0.05, 0) is 30.7 Å². The molecule has 0 atom stereocenters. The van der Waals surface area contributed by atoms with Crippen LogP contribution in [0.5, 0.6) is 0 Å². The Morgan fingerprint density at radius 3 is 2.48 bits per heavy atom. The lowest BCUT2D eigenvalue weighted by Gasteiger charge is -2.05. The molecule has 1 aromatic heterocycles. The molecule has 1 N–H and O–H groups in total. The molecular formula is C16H14F2N4O2S. The summed E-state index contributed by atoms with van der Waals surface area (Å²) in [6.07, 6.45) is 1.38. The van der Waals surface area contributed by atoms with Crippen LogP contribution in [0.1, 0.15) is 11.1 Å². The minimum Gasteiger partial charge on any atom is -0.246 e. The van der Waals surface area contributed by atoms with Gasteiger partial charge in [-0.3, -0.25) is 0 Å². The van der Waals surface area contributed by atoms with Gasteiger partial charge < -0.3 is 0 Å². The molecule has 0 bridgehead atoms. The molecule has 0 spiro atoms. The molecule has 0 radical (unpaired) electrons. The normalized spacial score (nSPS) is 11.5. The number of aromatic nitrogens is 3. The van der Waals surface area contributed by atoms with Crippen molar-refractivity contribution in [3.8, 4) is 0 Å². The maximum absolute atomic E-state index is 13.2. The fraction of sp³-hybridized carbons (Fsp3) is 0.125. The second kappa shape index (κ2) is 6.60. The largest absolute Gasteiger partial charge is 0.264 e. The molecule has 0 saturated carbocycles. The summed E-state index contributed by atoms with van der Waals surface area (Å²) in [7, 11) is -4.11. The van der Waals surface area contributed by atoms with Gasteiger partial charge in [0, 0.05) is 0 Å². The summed E-state index contributed by atoms with van der Waals surface area (Å²) in [6, 6.07) is 10.1. The summed E-state index contributed by atoms with van der Waals surface area (Å²) in [5, 5.41) is 4.03. The zero-order valence-corrected chi connectivity index (χ0v) is 14.0. The molecule has 0 aliphatic heterocycles. The van der Waals surface area contributed by atoms with Crippen LogP contribution < -0.4 is 4.72 Å². The first-order chi connectivity index (χ1) is 11.8. The Kier molecular flexibility index (Phi) is 4.49. The smallest absolute Gasteiger partial charge is 0.246 e. The van der Waals surface area contributed by atoms with Gasteiger partial charge in [-0.2, -0.15) is 4.98 Å². The Balaban J connectivity index is 1.75. The highest BCUT2D eigenvalue weighted by molar-refractivity contribution is 7.92. The van der Waals surface area contributed by atoms with Gasteiger partial charge in [0.15, 0.2) is 11.6 Å². The van der Waals surface area contributed by atoms with Gasteiger partial charge in [-0.15, -0.1) is 5.10 Å². The summed E-state index contributed by atoms with van der Waals surface area (Å²) in [6.45, 7) is 2.39. The third kappa shape index (κ3) is 4.00. The molecule has 0 fully saturated rings. The SMILES string of the molecule is Cc1ccc(Cn2cnc(NS(=O)(=O)c3ccc(F)c(F)c3)n2)cc1. The van der Waals surface area contributed by atoms with Crippen LogP contribution in [0.15, 0.2) is 53.7 Å². The van der Waals surface area contributed by atoms with Crippen LogP contribution >= 0.6 is 0 Å². The standard InChI is InChI=1S/C16H14F2N4O2S/c1-11-2-4-12(5-3-11)9-22-10-19-16(20-22)21-25(23,24)13-6-7-14(17)15(18)8-13/h2-8,10H,9H2,1H3,(H,20,21). The van der Waals surface area contributed by atoms with E-state index in [1.807, 2.05) is 31.2 Å². The van der Waals surface area contributed by atoms with Crippen molar-refractivity contribution in [1.82, 2.24) is 14.8 Å². The molecule has 9 heteroatoms. The molecular weight excluding hydrogens is 350 g/mol. The topological polar surface area (TPSA) is 76.9 Å². The molecule has 3 aromatic rings. The Bertz CT molecular complexity index is 1000. The molecule has 0 saturated heterocycles. The number of benzene rings is 2. The number of nitrogens with one attached hydrogen (secondary N) is 1. The predicted octanol–water partition coefficient (Wildman–Crippen LogP) is 2.71. The Labute approximate surface area is 143 Å². The minimum absolute atomic E-state index is 0.156. The number of hydrogen-bond donors (Lipinski definition) is 1. The van der Waals surface area contributed by atoms with Crippen LogP contribution in [0, 0.1) is 18.6 Å². The molecule has 3 rings (SSSR count). The van der Waals surface area contributed by atoms with E-state index >= 15 is 0 Å². The van der Waals surface area contributed by atoms with Gasteiger partial charge >= 0.3 is 0 Å². The predicted molar refractivity (Wildman–Crippen MR) is 87.5 cm³/mol. The second-order valence-corrected chi connectivity index (χ2v) is 7.12. The van der Waals surface area contributed by atoms with Crippen LogP contribution in [-0.4, -0.2) is 23.2 Å². The number of nitrogens with zero attached hydrogens (tertiary/aromatic N) is 3. The van der Waals surface area contributed by atoms with Crippen molar-refractivity contribution in [1.29, 1.82) is 0 Å². The number of aryl methyl sites for hydroxylation is 1. The van der Waals surface area contributed by atoms with Crippen molar-refractivity contribution >= 4 is 16.0 Å². The zero-order valence-electron chi connectivity index (χ0n) is 13.1. The summed E-state index contributed by atoms with van der Waals surface area (Å²) in [4.78, 5) is 3.46. The van der Waals surface area contributed by atoms with Crippen molar-refractivity contribution in [2.24, 2.45) is 0 Å². The highest BCUT2D eigenvalue weighted by Crippen LogP contribution is 2.16. The molecule has 0 amide bonds. The van der Waals surface area contributed by atoms with Crippen LogP contribution in [0.25, 0.3) is 0 Å². The van der Waals surface area contributed by atoms with Crippen LogP contribution in [0.2, 0.25) is 0 Å². The third-order valence-electron chi connectivity index (χ3n) is 3.43. The number of halogens is 2. The van der Waals surface area contributed by atoms with Crippen molar-refractivity contribution in [2.75, 3.05) is 4.72 Å². The molecule has 2 aromatic carbocycles. The number of hydrogen-bond acceptors (Lipinski definition) is 4. The van der Waals surface area contributed by atoms with E-state index in [9.17, 15) is 17.2 Å². The molecule has 130 valence electrons. The number of rotatable bonds is 5. The Morgan fingerprint density at radius 2 is 1.80 bits per heavy atom. The van der Waals surface area contributed by atoms with E-state index < -0.39 is 26.6 Å². The third-order valence-corrected chi connectivity index (χ3v) is 4.75. The first-order valence-corrected chi connectivity index (χ1v) is 8.75. The van der Waals surface area contributed by atoms with Crippen LogP contribution in [0.3, 0.4) is 0 Å². The molecule has 25 heavy (non-hydrogen) atoms. The van der Waals surface area contributed by atoms with E-state index in [-0.39, 0.29) is 5.95 Å². The van der Waals surface area contributed by atoms with Crippen LogP contribution in [0.4, 0.5) is 14.7 Å². The van der Waals surface area contributed by atoms with Gasteiger partial charge in [0.2, 0.25) is 0 Å². The van der Waals surface area contributed by atoms with Crippen molar-refractivity contribution < 1.29 is 17.2 Å². The molecule has 0 aliphatic rings. The lowest BCUT2D eigenvalue weighted by Crippen LogP contribution is -2.15. The second-order valence-electron chi connectivity index (χ2n) is 5.43. The highest BCUT2D eigenvalue weighted by atomic mass is 32.2. The van der Waals surface area contributed by atoms with Gasteiger partial charge in [0.1, 0.15) is 6.33 Å². The maximum Gasteiger partial charge on any atom is 0.264 e. The van der Waals surface area contributed by atoms with E-state index in [0.717, 1.165) is 23.3 Å². The average molecular weight is 364 g/mol. The molecule has 6 nitrogen and oxygen atoms in total. The summed E-state index contributed by atoms with van der Waals surface area (Å²) in [5.74, 6) is -2.53. The fourth-order valence-corrected chi connectivity index (χ4v) is 3.08. The highest BCUT2D eigenvalue weighted by Gasteiger charge is 2.18. The fourth-order valence-electron chi connectivity index (χ4n) is 2.12.